The second kappa shape index (κ2) is 10.9. The fraction of sp³-hybridized carbons (Fsp3) is 0.290. The van der Waals surface area contributed by atoms with E-state index in [-0.39, 0.29) is 5.56 Å². The standard InChI is InChI=1S/C31H33N7O2/c1-21-9-10-24-19-27(31(39)32-28(24)22(21)2)29(30-33-34-35-38(30)20-23-7-5-4-6-8-23)37-17-15-36(16-18-37)25-11-13-26(40-3)14-12-25/h4-14,19,29H,15-18,20H2,1-3H3,(H,32,39). The van der Waals surface area contributed by atoms with Crippen molar-refractivity contribution < 1.29 is 4.74 Å². The Labute approximate surface area is 233 Å². The van der Waals surface area contributed by atoms with Gasteiger partial charge in [0.05, 0.1) is 19.2 Å². The number of anilines is 1. The molecule has 204 valence electrons. The number of ether oxygens (including phenoxy) is 1. The average molecular weight is 536 g/mol. The molecular formula is C31H33N7O2. The van der Waals surface area contributed by atoms with E-state index in [1.54, 1.807) is 7.11 Å². The molecule has 1 unspecified atom stereocenters. The highest BCUT2D eigenvalue weighted by Gasteiger charge is 2.33. The van der Waals surface area contributed by atoms with Crippen LogP contribution in [0.3, 0.4) is 0 Å². The lowest BCUT2D eigenvalue weighted by Gasteiger charge is -2.39. The van der Waals surface area contributed by atoms with Crippen molar-refractivity contribution in [3.63, 3.8) is 0 Å². The van der Waals surface area contributed by atoms with Gasteiger partial charge in [-0.05, 0) is 76.7 Å². The van der Waals surface area contributed by atoms with Gasteiger partial charge in [0.2, 0.25) is 0 Å². The van der Waals surface area contributed by atoms with Gasteiger partial charge >= 0.3 is 0 Å². The highest BCUT2D eigenvalue weighted by Crippen LogP contribution is 2.30. The zero-order chi connectivity index (χ0) is 27.6. The van der Waals surface area contributed by atoms with Gasteiger partial charge in [0.1, 0.15) is 11.8 Å². The highest BCUT2D eigenvalue weighted by molar-refractivity contribution is 5.83. The van der Waals surface area contributed by atoms with Crippen molar-refractivity contribution >= 4 is 16.6 Å². The van der Waals surface area contributed by atoms with Crippen LogP contribution in [0.4, 0.5) is 5.69 Å². The number of pyridine rings is 1. The SMILES string of the molecule is COc1ccc(N2CCN(C(c3cc4ccc(C)c(C)c4[nH]c3=O)c3nnnn3Cc3ccccc3)CC2)cc1. The molecule has 0 bridgehead atoms. The predicted octanol–water partition coefficient (Wildman–Crippen LogP) is 4.10. The molecule has 5 aromatic rings. The minimum Gasteiger partial charge on any atom is -0.497 e. The van der Waals surface area contributed by atoms with Gasteiger partial charge in [-0.25, -0.2) is 4.68 Å². The Kier molecular flexibility index (Phi) is 7.04. The molecule has 1 saturated heterocycles. The molecule has 0 amide bonds. The molecule has 1 aliphatic rings. The van der Waals surface area contributed by atoms with Crippen LogP contribution in [-0.2, 0) is 6.54 Å². The largest absolute Gasteiger partial charge is 0.497 e. The number of hydrogen-bond donors (Lipinski definition) is 1. The molecule has 40 heavy (non-hydrogen) atoms. The van der Waals surface area contributed by atoms with E-state index in [9.17, 15) is 4.79 Å². The third kappa shape index (κ3) is 4.96. The van der Waals surface area contributed by atoms with Crippen molar-refractivity contribution in [1.82, 2.24) is 30.1 Å². The van der Waals surface area contributed by atoms with Crippen molar-refractivity contribution in [1.29, 1.82) is 0 Å². The first-order chi connectivity index (χ1) is 19.5. The number of tetrazole rings is 1. The molecule has 3 heterocycles. The Bertz CT molecular complexity index is 1670. The maximum absolute atomic E-state index is 13.7. The van der Waals surface area contributed by atoms with Gasteiger partial charge in [0, 0.05) is 37.4 Å². The zero-order valence-electron chi connectivity index (χ0n) is 23.0. The second-order valence-electron chi connectivity index (χ2n) is 10.3. The summed E-state index contributed by atoms with van der Waals surface area (Å²) in [7, 11) is 1.68. The summed E-state index contributed by atoms with van der Waals surface area (Å²) in [6.07, 6.45) is 0. The third-order valence-electron chi connectivity index (χ3n) is 7.97. The lowest BCUT2D eigenvalue weighted by atomic mass is 9.99. The van der Waals surface area contributed by atoms with Crippen LogP contribution >= 0.6 is 0 Å². The molecule has 1 atom stereocenters. The number of methoxy groups -OCH3 is 1. The zero-order valence-corrected chi connectivity index (χ0v) is 23.0. The van der Waals surface area contributed by atoms with E-state index in [4.69, 9.17) is 4.74 Å². The van der Waals surface area contributed by atoms with Crippen LogP contribution in [0.2, 0.25) is 0 Å². The fourth-order valence-electron chi connectivity index (χ4n) is 5.55. The molecule has 6 rings (SSSR count). The summed E-state index contributed by atoms with van der Waals surface area (Å²) in [4.78, 5) is 21.6. The number of aryl methyl sites for hydroxylation is 2. The molecule has 9 nitrogen and oxygen atoms in total. The summed E-state index contributed by atoms with van der Waals surface area (Å²) in [5.74, 6) is 1.50. The summed E-state index contributed by atoms with van der Waals surface area (Å²) in [5, 5.41) is 13.9. The maximum Gasteiger partial charge on any atom is 0.253 e. The number of nitrogens with one attached hydrogen (secondary N) is 1. The minimum atomic E-state index is -0.397. The number of rotatable bonds is 7. The van der Waals surface area contributed by atoms with Crippen molar-refractivity contribution in [3.05, 3.63) is 111 Å². The third-order valence-corrected chi connectivity index (χ3v) is 7.97. The van der Waals surface area contributed by atoms with Crippen molar-refractivity contribution in [2.45, 2.75) is 26.4 Å². The number of piperazine rings is 1. The van der Waals surface area contributed by atoms with Gasteiger partial charge in [-0.1, -0.05) is 42.5 Å². The van der Waals surface area contributed by atoms with Crippen molar-refractivity contribution in [2.24, 2.45) is 0 Å². The summed E-state index contributed by atoms with van der Waals surface area (Å²) in [6, 6.07) is 24.1. The summed E-state index contributed by atoms with van der Waals surface area (Å²) in [5.41, 5.74) is 5.89. The molecule has 9 heteroatoms. The summed E-state index contributed by atoms with van der Waals surface area (Å²) >= 11 is 0. The number of benzene rings is 3. The first-order valence-electron chi connectivity index (χ1n) is 13.6. The minimum absolute atomic E-state index is 0.113. The van der Waals surface area contributed by atoms with Gasteiger partial charge in [0.15, 0.2) is 5.82 Å². The van der Waals surface area contributed by atoms with Crippen LogP contribution in [0.25, 0.3) is 10.9 Å². The van der Waals surface area contributed by atoms with Crippen LogP contribution in [-0.4, -0.2) is 63.4 Å². The number of aromatic amines is 1. The van der Waals surface area contributed by atoms with Crippen molar-refractivity contribution in [2.75, 3.05) is 38.2 Å². The van der Waals surface area contributed by atoms with Gasteiger partial charge in [-0.2, -0.15) is 0 Å². The van der Waals surface area contributed by atoms with Crippen LogP contribution in [0.1, 0.15) is 34.1 Å². The molecule has 1 aliphatic heterocycles. The molecule has 2 aromatic heterocycles. The Hall–Kier alpha value is -4.50. The maximum atomic E-state index is 13.7. The smallest absolute Gasteiger partial charge is 0.253 e. The first-order valence-corrected chi connectivity index (χ1v) is 13.6. The van der Waals surface area contributed by atoms with Crippen molar-refractivity contribution in [3.8, 4) is 5.75 Å². The van der Waals surface area contributed by atoms with E-state index in [1.165, 1.54) is 0 Å². The van der Waals surface area contributed by atoms with E-state index >= 15 is 0 Å². The Morgan fingerprint density at radius 3 is 2.42 bits per heavy atom. The highest BCUT2D eigenvalue weighted by atomic mass is 16.5. The van der Waals surface area contributed by atoms with Gasteiger partial charge in [-0.15, -0.1) is 5.10 Å². The van der Waals surface area contributed by atoms with Crippen LogP contribution < -0.4 is 15.2 Å². The molecule has 1 fully saturated rings. The van der Waals surface area contributed by atoms with Crippen LogP contribution in [0, 0.1) is 13.8 Å². The molecular weight excluding hydrogens is 502 g/mol. The monoisotopic (exact) mass is 535 g/mol. The van der Waals surface area contributed by atoms with Gasteiger partial charge in [-0.3, -0.25) is 9.69 Å². The number of H-pyrrole nitrogens is 1. The Balaban J connectivity index is 1.37. The summed E-state index contributed by atoms with van der Waals surface area (Å²) in [6.45, 7) is 7.75. The van der Waals surface area contributed by atoms with Gasteiger partial charge < -0.3 is 14.6 Å². The topological polar surface area (TPSA) is 92.2 Å². The summed E-state index contributed by atoms with van der Waals surface area (Å²) < 4.78 is 7.14. The molecule has 0 spiro atoms. The van der Waals surface area contributed by atoms with E-state index in [1.807, 2.05) is 48.0 Å². The molecule has 3 aromatic carbocycles. The van der Waals surface area contributed by atoms with Crippen LogP contribution in [0.15, 0.2) is 77.6 Å². The second-order valence-corrected chi connectivity index (χ2v) is 10.3. The first kappa shape index (κ1) is 25.8. The number of nitrogens with zero attached hydrogens (tertiary/aromatic N) is 6. The normalized spacial score (nSPS) is 14.9. The van der Waals surface area contributed by atoms with E-state index in [0.717, 1.165) is 65.2 Å². The Morgan fingerprint density at radius 1 is 0.950 bits per heavy atom. The van der Waals surface area contributed by atoms with E-state index in [2.05, 4.69) is 73.6 Å². The number of hydrogen-bond acceptors (Lipinski definition) is 7. The van der Waals surface area contributed by atoms with Gasteiger partial charge in [0.25, 0.3) is 5.56 Å². The van der Waals surface area contributed by atoms with E-state index in [0.29, 0.717) is 17.9 Å². The molecule has 0 aliphatic carbocycles. The lowest BCUT2D eigenvalue weighted by molar-refractivity contribution is 0.200. The van der Waals surface area contributed by atoms with Crippen LogP contribution in [0.5, 0.6) is 5.75 Å². The number of fused-ring (bicyclic) bond motifs is 1. The van der Waals surface area contributed by atoms with E-state index < -0.39 is 6.04 Å². The Morgan fingerprint density at radius 2 is 1.70 bits per heavy atom. The molecule has 0 radical (unpaired) electrons. The lowest BCUT2D eigenvalue weighted by Crippen LogP contribution is -2.49. The fourth-order valence-corrected chi connectivity index (χ4v) is 5.55. The quantitative estimate of drug-likeness (QED) is 0.336. The molecule has 0 saturated carbocycles. The average Bonchev–Trinajstić information content (AvgIpc) is 3.44. The predicted molar refractivity (Wildman–Crippen MR) is 156 cm³/mol. The number of aromatic nitrogens is 5. The molecule has 1 N–H and O–H groups in total.